The smallest absolute Gasteiger partial charge is 0.230 e. The van der Waals surface area contributed by atoms with Crippen molar-refractivity contribution in [2.24, 2.45) is 11.8 Å². The molecule has 0 radical (unpaired) electrons. The Kier molecular flexibility index (Phi) is 3.29. The van der Waals surface area contributed by atoms with Crippen LogP contribution in [0.25, 0.3) is 0 Å². The fraction of sp³-hybridized carbons (Fsp3) is 0.500. The van der Waals surface area contributed by atoms with Crippen molar-refractivity contribution < 1.29 is 14.3 Å². The highest BCUT2D eigenvalue weighted by Crippen LogP contribution is 2.52. The van der Waals surface area contributed by atoms with E-state index in [0.29, 0.717) is 19.1 Å². The van der Waals surface area contributed by atoms with Crippen LogP contribution in [0.1, 0.15) is 18.4 Å². The van der Waals surface area contributed by atoms with Crippen LogP contribution in [0.5, 0.6) is 0 Å². The first-order chi connectivity index (χ1) is 12.2. The molecule has 1 N–H and O–H groups in total. The maximum absolute atomic E-state index is 13.0. The molecule has 4 atom stereocenters. The van der Waals surface area contributed by atoms with Crippen LogP contribution in [-0.4, -0.2) is 47.6 Å². The molecule has 5 rings (SSSR count). The van der Waals surface area contributed by atoms with Gasteiger partial charge in [0.05, 0.1) is 24.5 Å². The molecule has 0 aromatic heterocycles. The molecule has 4 aliphatic rings. The average Bonchev–Trinajstić information content (AvgIpc) is 3.16. The van der Waals surface area contributed by atoms with Gasteiger partial charge in [0.15, 0.2) is 0 Å². The first kappa shape index (κ1) is 15.1. The Morgan fingerprint density at radius 3 is 2.84 bits per heavy atom. The number of benzene rings is 1. The van der Waals surface area contributed by atoms with Gasteiger partial charge in [-0.25, -0.2) is 0 Å². The summed E-state index contributed by atoms with van der Waals surface area (Å²) in [5, 5.41) is 3.06. The van der Waals surface area contributed by atoms with Crippen LogP contribution in [0.2, 0.25) is 0 Å². The van der Waals surface area contributed by atoms with Gasteiger partial charge in [0, 0.05) is 12.6 Å². The van der Waals surface area contributed by atoms with E-state index in [2.05, 4.69) is 17.4 Å². The van der Waals surface area contributed by atoms with Gasteiger partial charge in [-0.1, -0.05) is 42.5 Å². The van der Waals surface area contributed by atoms with Gasteiger partial charge in [-0.3, -0.25) is 9.59 Å². The number of carbonyl (C=O) groups excluding carboxylic acids is 2. The minimum Gasteiger partial charge on any atom is -0.360 e. The van der Waals surface area contributed by atoms with E-state index in [1.54, 1.807) is 0 Å². The second-order valence-corrected chi connectivity index (χ2v) is 7.68. The fourth-order valence-corrected chi connectivity index (χ4v) is 4.50. The van der Waals surface area contributed by atoms with E-state index < -0.39 is 5.60 Å². The maximum Gasteiger partial charge on any atom is 0.230 e. The third-order valence-electron chi connectivity index (χ3n) is 5.92. The van der Waals surface area contributed by atoms with E-state index in [0.717, 1.165) is 19.3 Å². The van der Waals surface area contributed by atoms with Gasteiger partial charge in [0.2, 0.25) is 11.8 Å². The molecular weight excluding hydrogens is 316 g/mol. The molecule has 130 valence electrons. The van der Waals surface area contributed by atoms with E-state index in [1.807, 2.05) is 35.3 Å². The second-order valence-electron chi connectivity index (χ2n) is 7.68. The summed E-state index contributed by atoms with van der Waals surface area (Å²) in [6.07, 6.45) is 6.66. The number of rotatable bonds is 5. The van der Waals surface area contributed by atoms with Crippen LogP contribution >= 0.6 is 0 Å². The predicted octanol–water partition coefficient (Wildman–Crippen LogP) is 1.29. The van der Waals surface area contributed by atoms with Crippen LogP contribution in [-0.2, 0) is 20.7 Å². The Labute approximate surface area is 147 Å². The summed E-state index contributed by atoms with van der Waals surface area (Å²) in [5.41, 5.74) is 0.623. The van der Waals surface area contributed by atoms with Crippen molar-refractivity contribution in [3.8, 4) is 0 Å². The molecule has 3 aliphatic heterocycles. The molecule has 1 spiro atoms. The summed E-state index contributed by atoms with van der Waals surface area (Å²) in [6, 6.07) is 10.5. The summed E-state index contributed by atoms with van der Waals surface area (Å²) in [6.45, 7) is 1.23. The summed E-state index contributed by atoms with van der Waals surface area (Å²) in [4.78, 5) is 27.6. The van der Waals surface area contributed by atoms with E-state index in [1.165, 1.54) is 5.56 Å². The largest absolute Gasteiger partial charge is 0.360 e. The number of nitrogens with one attached hydrogen (secondary N) is 1. The van der Waals surface area contributed by atoms with Crippen molar-refractivity contribution in [3.63, 3.8) is 0 Å². The van der Waals surface area contributed by atoms with Crippen LogP contribution in [0, 0.1) is 11.8 Å². The number of ether oxygens (including phenoxy) is 1. The van der Waals surface area contributed by atoms with Gasteiger partial charge >= 0.3 is 0 Å². The molecule has 2 amide bonds. The van der Waals surface area contributed by atoms with Crippen molar-refractivity contribution in [1.82, 2.24) is 10.2 Å². The number of amides is 2. The standard InChI is InChI=1S/C20H22N2O3/c23-18(21-14-6-7-14)16-15-8-10-20(25-15)12-22(19(24)17(16)20)11-9-13-4-2-1-3-5-13/h1-5,8,10,14-17H,6-7,9,11-12H2,(H,21,23)/t15-,16?,17?,20?/m1/s1. The summed E-state index contributed by atoms with van der Waals surface area (Å²) in [5.74, 6) is -0.683. The van der Waals surface area contributed by atoms with Crippen molar-refractivity contribution >= 4 is 11.8 Å². The zero-order valence-electron chi connectivity index (χ0n) is 14.1. The molecule has 3 unspecified atom stereocenters. The molecule has 3 fully saturated rings. The van der Waals surface area contributed by atoms with Gasteiger partial charge < -0.3 is 15.0 Å². The van der Waals surface area contributed by atoms with Gasteiger partial charge in [0.25, 0.3) is 0 Å². The summed E-state index contributed by atoms with van der Waals surface area (Å²) in [7, 11) is 0. The molecule has 2 saturated heterocycles. The topological polar surface area (TPSA) is 58.6 Å². The zero-order valence-corrected chi connectivity index (χ0v) is 14.1. The van der Waals surface area contributed by atoms with Crippen molar-refractivity contribution in [3.05, 3.63) is 48.0 Å². The molecule has 5 heteroatoms. The Morgan fingerprint density at radius 1 is 1.28 bits per heavy atom. The second kappa shape index (κ2) is 5.43. The molecule has 1 aromatic carbocycles. The highest BCUT2D eigenvalue weighted by atomic mass is 16.5. The molecule has 1 aromatic rings. The first-order valence-corrected chi connectivity index (χ1v) is 9.17. The number of hydrogen-bond donors (Lipinski definition) is 1. The van der Waals surface area contributed by atoms with Crippen molar-refractivity contribution in [2.75, 3.05) is 13.1 Å². The molecule has 2 bridgehead atoms. The lowest BCUT2D eigenvalue weighted by Gasteiger charge is -2.23. The van der Waals surface area contributed by atoms with E-state index >= 15 is 0 Å². The van der Waals surface area contributed by atoms with Gasteiger partial charge in [-0.2, -0.15) is 0 Å². The molecule has 25 heavy (non-hydrogen) atoms. The minimum absolute atomic E-state index is 0.0121. The maximum atomic E-state index is 13.0. The van der Waals surface area contributed by atoms with E-state index in [-0.39, 0.29) is 29.8 Å². The van der Waals surface area contributed by atoms with E-state index in [9.17, 15) is 9.59 Å². The first-order valence-electron chi connectivity index (χ1n) is 9.17. The number of nitrogens with zero attached hydrogens (tertiary/aromatic N) is 1. The third kappa shape index (κ3) is 2.41. The third-order valence-corrected chi connectivity index (χ3v) is 5.92. The van der Waals surface area contributed by atoms with Gasteiger partial charge in [-0.15, -0.1) is 0 Å². The summed E-state index contributed by atoms with van der Waals surface area (Å²) >= 11 is 0. The fourth-order valence-electron chi connectivity index (χ4n) is 4.50. The molecule has 1 saturated carbocycles. The highest BCUT2D eigenvalue weighted by Gasteiger charge is 2.66. The lowest BCUT2D eigenvalue weighted by Crippen LogP contribution is -2.44. The van der Waals surface area contributed by atoms with Crippen LogP contribution < -0.4 is 5.32 Å². The Hall–Kier alpha value is -2.14. The lowest BCUT2D eigenvalue weighted by molar-refractivity contribution is -0.137. The Morgan fingerprint density at radius 2 is 2.08 bits per heavy atom. The van der Waals surface area contributed by atoms with Gasteiger partial charge in [0.1, 0.15) is 5.60 Å². The molecule has 3 heterocycles. The SMILES string of the molecule is O=C(NC1CC1)C1C2C(=O)N(CCc3ccccc3)CC23C=C[C@H]1O3. The predicted molar refractivity (Wildman–Crippen MR) is 91.6 cm³/mol. The van der Waals surface area contributed by atoms with Crippen LogP contribution in [0.4, 0.5) is 0 Å². The molecule has 5 nitrogen and oxygen atoms in total. The number of carbonyl (C=O) groups is 2. The van der Waals surface area contributed by atoms with E-state index in [4.69, 9.17) is 4.74 Å². The van der Waals surface area contributed by atoms with Crippen molar-refractivity contribution in [2.45, 2.75) is 37.0 Å². The lowest BCUT2D eigenvalue weighted by atomic mass is 9.77. The highest BCUT2D eigenvalue weighted by molar-refractivity contribution is 5.93. The molecular formula is C20H22N2O3. The minimum atomic E-state index is -0.593. The Balaban J connectivity index is 1.33. The zero-order chi connectivity index (χ0) is 17.0. The monoisotopic (exact) mass is 338 g/mol. The number of likely N-dealkylation sites (tertiary alicyclic amines) is 1. The normalized spacial score (nSPS) is 35.3. The average molecular weight is 338 g/mol. The van der Waals surface area contributed by atoms with Crippen LogP contribution in [0.15, 0.2) is 42.5 Å². The molecule has 1 aliphatic carbocycles. The summed E-state index contributed by atoms with van der Waals surface area (Å²) < 4.78 is 6.14. The number of fused-ring (bicyclic) bond motifs is 1. The van der Waals surface area contributed by atoms with Gasteiger partial charge in [-0.05, 0) is 24.8 Å². The number of hydrogen-bond acceptors (Lipinski definition) is 3. The van der Waals surface area contributed by atoms with Crippen LogP contribution in [0.3, 0.4) is 0 Å². The Bertz CT molecular complexity index is 743. The van der Waals surface area contributed by atoms with Crippen molar-refractivity contribution in [1.29, 1.82) is 0 Å². The quantitative estimate of drug-likeness (QED) is 0.823.